The van der Waals surface area contributed by atoms with Gasteiger partial charge in [-0.2, -0.15) is 0 Å². The minimum Gasteiger partial charge on any atom is -0.309 e. The SMILES string of the molecule is Cc1cc(-c2ccc(-c3cccc(-c4ccccc4)c3)cc2)cnc1-n1c2ccccc2c2ccc(-c3ccc4c(c3)c3ccccc3n4-c3ccccc3)cc21. The Hall–Kier alpha value is -7.49. The highest BCUT2D eigenvalue weighted by molar-refractivity contribution is 6.12. The zero-order valence-electron chi connectivity index (χ0n) is 31.5. The molecule has 0 bridgehead atoms. The van der Waals surface area contributed by atoms with Gasteiger partial charge < -0.3 is 4.57 Å². The van der Waals surface area contributed by atoms with Gasteiger partial charge in [0, 0.05) is 39.0 Å². The number of aromatic nitrogens is 3. The second-order valence-corrected chi connectivity index (χ2v) is 14.9. The highest BCUT2D eigenvalue weighted by Gasteiger charge is 2.18. The molecule has 0 N–H and O–H groups in total. The lowest BCUT2D eigenvalue weighted by molar-refractivity contribution is 1.05. The second-order valence-electron chi connectivity index (χ2n) is 14.9. The highest BCUT2D eigenvalue weighted by Crippen LogP contribution is 2.39. The molecule has 0 saturated heterocycles. The fourth-order valence-electron chi connectivity index (χ4n) is 8.71. The number of hydrogen-bond acceptors (Lipinski definition) is 1. The monoisotopic (exact) mass is 727 g/mol. The van der Waals surface area contributed by atoms with E-state index in [0.29, 0.717) is 0 Å². The Balaban J connectivity index is 0.979. The van der Waals surface area contributed by atoms with Gasteiger partial charge in [-0.05, 0) is 106 Å². The molecule has 3 heterocycles. The minimum absolute atomic E-state index is 0.942. The standard InChI is InChI=1S/C54H37N3/c1-36-31-44(39-25-23-38(24-26-39)41-16-12-15-40(32-41)37-13-4-2-5-14-37)35-55-54(36)57-51-22-11-8-19-46(51)48-29-27-43(34-53(48)57)42-28-30-52-49(33-42)47-20-9-10-21-50(47)56(52)45-17-6-3-7-18-45/h2-35H,1H3. The minimum atomic E-state index is 0.942. The largest absolute Gasteiger partial charge is 0.309 e. The van der Waals surface area contributed by atoms with Crippen molar-refractivity contribution in [3.63, 3.8) is 0 Å². The quantitative estimate of drug-likeness (QED) is 0.167. The first-order valence-electron chi connectivity index (χ1n) is 19.5. The zero-order valence-corrected chi connectivity index (χ0v) is 31.5. The molecule has 0 fully saturated rings. The molecule has 3 nitrogen and oxygen atoms in total. The maximum Gasteiger partial charge on any atom is 0.140 e. The summed E-state index contributed by atoms with van der Waals surface area (Å²) < 4.78 is 4.71. The Kier molecular flexibility index (Phi) is 7.71. The molecule has 57 heavy (non-hydrogen) atoms. The van der Waals surface area contributed by atoms with Crippen molar-refractivity contribution >= 4 is 43.6 Å². The summed E-state index contributed by atoms with van der Waals surface area (Å²) in [5.41, 5.74) is 16.4. The predicted molar refractivity (Wildman–Crippen MR) is 239 cm³/mol. The van der Waals surface area contributed by atoms with Crippen molar-refractivity contribution in [3.8, 4) is 56.0 Å². The van der Waals surface area contributed by atoms with E-state index in [1.165, 1.54) is 66.0 Å². The number of fused-ring (bicyclic) bond motifs is 6. The lowest BCUT2D eigenvalue weighted by Gasteiger charge is -2.13. The van der Waals surface area contributed by atoms with Crippen LogP contribution in [0.3, 0.4) is 0 Å². The Morgan fingerprint density at radius 1 is 0.316 bits per heavy atom. The van der Waals surface area contributed by atoms with Gasteiger partial charge >= 0.3 is 0 Å². The lowest BCUT2D eigenvalue weighted by atomic mass is 9.97. The van der Waals surface area contributed by atoms with Gasteiger partial charge in [0.05, 0.1) is 22.1 Å². The van der Waals surface area contributed by atoms with E-state index in [4.69, 9.17) is 4.98 Å². The van der Waals surface area contributed by atoms with Crippen LogP contribution < -0.4 is 0 Å². The van der Waals surface area contributed by atoms with Gasteiger partial charge in [0.25, 0.3) is 0 Å². The van der Waals surface area contributed by atoms with Crippen LogP contribution in [0.2, 0.25) is 0 Å². The molecule has 0 aliphatic heterocycles. The summed E-state index contributed by atoms with van der Waals surface area (Å²) in [5, 5.41) is 4.93. The molecular formula is C54H37N3. The van der Waals surface area contributed by atoms with Crippen LogP contribution in [-0.4, -0.2) is 14.1 Å². The van der Waals surface area contributed by atoms with Gasteiger partial charge in [0.1, 0.15) is 5.82 Å². The molecule has 0 spiro atoms. The van der Waals surface area contributed by atoms with Crippen LogP contribution in [0.1, 0.15) is 5.56 Å². The molecule has 0 atom stereocenters. The summed E-state index contributed by atoms with van der Waals surface area (Å²) >= 11 is 0. The summed E-state index contributed by atoms with van der Waals surface area (Å²) in [6.45, 7) is 2.18. The first kappa shape index (κ1) is 32.9. The number of nitrogens with zero attached hydrogens (tertiary/aromatic N) is 3. The number of benzene rings is 8. The van der Waals surface area contributed by atoms with E-state index in [0.717, 1.165) is 39.2 Å². The van der Waals surface area contributed by atoms with Gasteiger partial charge in [-0.3, -0.25) is 4.57 Å². The molecule has 0 saturated carbocycles. The van der Waals surface area contributed by atoms with Crippen molar-refractivity contribution in [2.24, 2.45) is 0 Å². The molecule has 3 heteroatoms. The number of rotatable bonds is 6. The maximum absolute atomic E-state index is 5.19. The molecule has 268 valence electrons. The van der Waals surface area contributed by atoms with Crippen LogP contribution in [0, 0.1) is 6.92 Å². The topological polar surface area (TPSA) is 22.8 Å². The van der Waals surface area contributed by atoms with Gasteiger partial charge in [-0.1, -0.05) is 146 Å². The summed E-state index contributed by atoms with van der Waals surface area (Å²) in [5.74, 6) is 0.942. The lowest BCUT2D eigenvalue weighted by Crippen LogP contribution is -2.01. The molecule has 0 radical (unpaired) electrons. The molecule has 3 aromatic heterocycles. The van der Waals surface area contributed by atoms with Crippen LogP contribution in [-0.2, 0) is 0 Å². The van der Waals surface area contributed by atoms with Crippen molar-refractivity contribution in [2.75, 3.05) is 0 Å². The molecule has 11 rings (SSSR count). The third kappa shape index (κ3) is 5.55. The number of para-hydroxylation sites is 3. The van der Waals surface area contributed by atoms with Crippen LogP contribution in [0.15, 0.2) is 206 Å². The third-order valence-electron chi connectivity index (χ3n) is 11.5. The summed E-state index contributed by atoms with van der Waals surface area (Å²) in [6.07, 6.45) is 2.02. The molecule has 0 aliphatic rings. The van der Waals surface area contributed by atoms with E-state index in [1.54, 1.807) is 0 Å². The molecular weight excluding hydrogens is 691 g/mol. The number of pyridine rings is 1. The average Bonchev–Trinajstić information content (AvgIpc) is 3.79. The fourth-order valence-corrected chi connectivity index (χ4v) is 8.71. The highest BCUT2D eigenvalue weighted by atomic mass is 15.1. The first-order chi connectivity index (χ1) is 28.2. The molecule has 8 aromatic carbocycles. The van der Waals surface area contributed by atoms with E-state index < -0.39 is 0 Å². The predicted octanol–water partition coefficient (Wildman–Crippen LogP) is 14.3. The van der Waals surface area contributed by atoms with Crippen molar-refractivity contribution in [1.29, 1.82) is 0 Å². The second kappa shape index (κ2) is 13.4. The van der Waals surface area contributed by atoms with Crippen molar-refractivity contribution < 1.29 is 0 Å². The molecule has 0 amide bonds. The van der Waals surface area contributed by atoms with Crippen LogP contribution in [0.5, 0.6) is 0 Å². The van der Waals surface area contributed by atoms with Crippen molar-refractivity contribution in [2.45, 2.75) is 6.92 Å². The molecule has 0 aliphatic carbocycles. The third-order valence-corrected chi connectivity index (χ3v) is 11.5. The van der Waals surface area contributed by atoms with Crippen LogP contribution in [0.4, 0.5) is 0 Å². The summed E-state index contributed by atoms with van der Waals surface area (Å²) in [7, 11) is 0. The Morgan fingerprint density at radius 3 is 1.53 bits per heavy atom. The van der Waals surface area contributed by atoms with Crippen LogP contribution >= 0.6 is 0 Å². The Bertz CT molecular complexity index is 3280. The fraction of sp³-hybridized carbons (Fsp3) is 0.0185. The van der Waals surface area contributed by atoms with E-state index in [-0.39, 0.29) is 0 Å². The Morgan fingerprint density at radius 2 is 0.807 bits per heavy atom. The van der Waals surface area contributed by atoms with Crippen molar-refractivity contribution in [3.05, 3.63) is 212 Å². The average molecular weight is 728 g/mol. The van der Waals surface area contributed by atoms with Gasteiger partial charge in [0.15, 0.2) is 0 Å². The Labute approximate surface area is 331 Å². The van der Waals surface area contributed by atoms with E-state index in [1.807, 2.05) is 6.20 Å². The van der Waals surface area contributed by atoms with Gasteiger partial charge in [-0.25, -0.2) is 4.98 Å². The smallest absolute Gasteiger partial charge is 0.140 e. The number of hydrogen-bond donors (Lipinski definition) is 0. The molecule has 0 unspecified atom stereocenters. The van der Waals surface area contributed by atoms with E-state index in [9.17, 15) is 0 Å². The summed E-state index contributed by atoms with van der Waals surface area (Å²) in [6, 6.07) is 72.2. The van der Waals surface area contributed by atoms with Gasteiger partial charge in [-0.15, -0.1) is 0 Å². The van der Waals surface area contributed by atoms with E-state index >= 15 is 0 Å². The molecule has 11 aromatic rings. The number of aryl methyl sites for hydroxylation is 1. The first-order valence-corrected chi connectivity index (χ1v) is 19.5. The van der Waals surface area contributed by atoms with E-state index in [2.05, 4.69) is 216 Å². The normalized spacial score (nSPS) is 11.6. The van der Waals surface area contributed by atoms with Crippen molar-refractivity contribution in [1.82, 2.24) is 14.1 Å². The van der Waals surface area contributed by atoms with Crippen LogP contribution in [0.25, 0.3) is 99.6 Å². The maximum atomic E-state index is 5.19. The van der Waals surface area contributed by atoms with Gasteiger partial charge in [0.2, 0.25) is 0 Å². The summed E-state index contributed by atoms with van der Waals surface area (Å²) in [4.78, 5) is 5.19. The zero-order chi connectivity index (χ0) is 37.9.